The zero-order valence-electron chi connectivity index (χ0n) is 9.25. The average molecular weight is 200 g/mol. The van der Waals surface area contributed by atoms with Gasteiger partial charge in [-0.2, -0.15) is 0 Å². The first-order valence-electron chi connectivity index (χ1n) is 5.50. The van der Waals surface area contributed by atoms with Crippen LogP contribution in [0.1, 0.15) is 25.0 Å². The van der Waals surface area contributed by atoms with Gasteiger partial charge in [0.25, 0.3) is 0 Å². The first-order valence-corrected chi connectivity index (χ1v) is 5.50. The molecule has 2 aromatic carbocycles. The fourth-order valence-electron chi connectivity index (χ4n) is 2.21. The maximum absolute atomic E-state index is 9.90. The predicted molar refractivity (Wildman–Crippen MR) is 64.4 cm³/mol. The molecule has 0 fully saturated rings. The van der Waals surface area contributed by atoms with Crippen LogP contribution >= 0.6 is 0 Å². The Hall–Kier alpha value is -1.50. The van der Waals surface area contributed by atoms with Gasteiger partial charge in [0.2, 0.25) is 0 Å². The van der Waals surface area contributed by atoms with Crippen LogP contribution in [-0.2, 0) is 12.8 Å². The van der Waals surface area contributed by atoms with Crippen molar-refractivity contribution in [3.8, 4) is 5.75 Å². The number of benzene rings is 2. The van der Waals surface area contributed by atoms with Crippen molar-refractivity contribution in [3.05, 3.63) is 41.5 Å². The highest BCUT2D eigenvalue weighted by Gasteiger charge is 2.08. The second-order valence-corrected chi connectivity index (χ2v) is 3.79. The van der Waals surface area contributed by atoms with Gasteiger partial charge >= 0.3 is 0 Å². The number of fused-ring (bicyclic) bond motifs is 1. The van der Waals surface area contributed by atoms with Crippen LogP contribution in [0.4, 0.5) is 0 Å². The summed E-state index contributed by atoms with van der Waals surface area (Å²) in [5, 5.41) is 12.1. The fourth-order valence-corrected chi connectivity index (χ4v) is 2.21. The number of hydrogen-bond donors (Lipinski definition) is 1. The Bertz CT molecular complexity index is 486. The second-order valence-electron chi connectivity index (χ2n) is 3.79. The molecular weight excluding hydrogens is 184 g/mol. The number of rotatable bonds is 2. The van der Waals surface area contributed by atoms with Crippen LogP contribution < -0.4 is 0 Å². The van der Waals surface area contributed by atoms with Gasteiger partial charge in [-0.25, -0.2) is 0 Å². The Morgan fingerprint density at radius 2 is 1.67 bits per heavy atom. The molecule has 0 spiro atoms. The average Bonchev–Trinajstić information content (AvgIpc) is 2.29. The van der Waals surface area contributed by atoms with E-state index in [4.69, 9.17) is 0 Å². The summed E-state index contributed by atoms with van der Waals surface area (Å²) in [6.45, 7) is 4.29. The highest BCUT2D eigenvalue weighted by atomic mass is 16.3. The van der Waals surface area contributed by atoms with Crippen molar-refractivity contribution in [2.75, 3.05) is 0 Å². The number of aromatic hydroxyl groups is 1. The Kier molecular flexibility index (Phi) is 2.63. The Morgan fingerprint density at radius 1 is 1.00 bits per heavy atom. The minimum absolute atomic E-state index is 0.402. The highest BCUT2D eigenvalue weighted by Crippen LogP contribution is 2.31. The van der Waals surface area contributed by atoms with Crippen LogP contribution in [0.5, 0.6) is 5.75 Å². The van der Waals surface area contributed by atoms with E-state index in [0.29, 0.717) is 5.75 Å². The van der Waals surface area contributed by atoms with Gasteiger partial charge in [0, 0.05) is 5.39 Å². The van der Waals surface area contributed by atoms with Crippen LogP contribution in [0, 0.1) is 0 Å². The van der Waals surface area contributed by atoms with Crippen molar-refractivity contribution in [1.82, 2.24) is 0 Å². The molecule has 0 radical (unpaired) electrons. The molecular formula is C14H16O. The van der Waals surface area contributed by atoms with E-state index in [0.717, 1.165) is 18.2 Å². The summed E-state index contributed by atoms with van der Waals surface area (Å²) < 4.78 is 0. The zero-order chi connectivity index (χ0) is 10.8. The van der Waals surface area contributed by atoms with E-state index < -0.39 is 0 Å². The topological polar surface area (TPSA) is 20.2 Å². The Balaban J connectivity index is 2.85. The Labute approximate surface area is 90.4 Å². The number of phenols is 1. The van der Waals surface area contributed by atoms with E-state index >= 15 is 0 Å². The molecule has 0 unspecified atom stereocenters. The van der Waals surface area contributed by atoms with Crippen molar-refractivity contribution < 1.29 is 5.11 Å². The SMILES string of the molecule is CCc1cc(O)c2ccccc2c1CC. The minimum Gasteiger partial charge on any atom is -0.507 e. The summed E-state index contributed by atoms with van der Waals surface area (Å²) in [5.41, 5.74) is 2.62. The third-order valence-corrected chi connectivity index (χ3v) is 2.96. The molecule has 0 saturated heterocycles. The lowest BCUT2D eigenvalue weighted by Crippen LogP contribution is -1.93. The molecule has 1 N–H and O–H groups in total. The summed E-state index contributed by atoms with van der Waals surface area (Å²) in [5.74, 6) is 0.402. The molecule has 0 aliphatic rings. The van der Waals surface area contributed by atoms with Gasteiger partial charge in [0.05, 0.1) is 0 Å². The largest absolute Gasteiger partial charge is 0.507 e. The van der Waals surface area contributed by atoms with Crippen LogP contribution in [-0.4, -0.2) is 5.11 Å². The number of hydrogen-bond acceptors (Lipinski definition) is 1. The van der Waals surface area contributed by atoms with E-state index in [9.17, 15) is 5.11 Å². The summed E-state index contributed by atoms with van der Waals surface area (Å²) >= 11 is 0. The Morgan fingerprint density at radius 3 is 2.27 bits per heavy atom. The number of phenolic OH excluding ortho intramolecular Hbond substituents is 1. The molecule has 1 heteroatoms. The van der Waals surface area contributed by atoms with Gasteiger partial charge < -0.3 is 5.11 Å². The van der Waals surface area contributed by atoms with Crippen LogP contribution in [0.2, 0.25) is 0 Å². The molecule has 0 heterocycles. The molecule has 0 amide bonds. The van der Waals surface area contributed by atoms with E-state index in [1.165, 1.54) is 16.5 Å². The van der Waals surface area contributed by atoms with Gasteiger partial charge in [0.1, 0.15) is 5.75 Å². The molecule has 1 nitrogen and oxygen atoms in total. The van der Waals surface area contributed by atoms with Gasteiger partial charge in [-0.15, -0.1) is 0 Å². The van der Waals surface area contributed by atoms with Crippen LogP contribution in [0.3, 0.4) is 0 Å². The maximum Gasteiger partial charge on any atom is 0.123 e. The second kappa shape index (κ2) is 3.93. The number of aryl methyl sites for hydroxylation is 2. The first-order chi connectivity index (χ1) is 7.27. The lowest BCUT2D eigenvalue weighted by Gasteiger charge is -2.11. The van der Waals surface area contributed by atoms with Gasteiger partial charge in [-0.1, -0.05) is 38.1 Å². The third kappa shape index (κ3) is 1.58. The lowest BCUT2D eigenvalue weighted by atomic mass is 9.95. The molecule has 0 aliphatic carbocycles. The smallest absolute Gasteiger partial charge is 0.123 e. The molecule has 2 rings (SSSR count). The first kappa shape index (κ1) is 10.0. The van der Waals surface area contributed by atoms with Crippen molar-refractivity contribution >= 4 is 10.8 Å². The standard InChI is InChI=1S/C14H16O/c1-3-10-9-14(15)13-8-6-5-7-12(13)11(10)4-2/h5-9,15H,3-4H2,1-2H3. The van der Waals surface area contributed by atoms with Gasteiger partial charge in [-0.05, 0) is 35.4 Å². The molecule has 2 aromatic rings. The van der Waals surface area contributed by atoms with Gasteiger partial charge in [-0.3, -0.25) is 0 Å². The van der Waals surface area contributed by atoms with E-state index in [1.54, 1.807) is 0 Å². The molecule has 0 aliphatic heterocycles. The summed E-state index contributed by atoms with van der Waals surface area (Å²) in [6.07, 6.45) is 1.99. The van der Waals surface area contributed by atoms with Crippen molar-refractivity contribution in [2.45, 2.75) is 26.7 Å². The van der Waals surface area contributed by atoms with Crippen molar-refractivity contribution in [2.24, 2.45) is 0 Å². The predicted octanol–water partition coefficient (Wildman–Crippen LogP) is 3.67. The zero-order valence-corrected chi connectivity index (χ0v) is 9.25. The minimum atomic E-state index is 0.402. The quantitative estimate of drug-likeness (QED) is 0.784. The van der Waals surface area contributed by atoms with E-state index in [-0.39, 0.29) is 0 Å². The lowest BCUT2D eigenvalue weighted by molar-refractivity contribution is 0.481. The summed E-state index contributed by atoms with van der Waals surface area (Å²) in [6, 6.07) is 9.96. The molecule has 0 bridgehead atoms. The van der Waals surface area contributed by atoms with Gasteiger partial charge in [0.15, 0.2) is 0 Å². The normalized spacial score (nSPS) is 10.8. The molecule has 78 valence electrons. The van der Waals surface area contributed by atoms with Crippen molar-refractivity contribution in [1.29, 1.82) is 0 Å². The molecule has 0 saturated carbocycles. The van der Waals surface area contributed by atoms with Crippen molar-refractivity contribution in [3.63, 3.8) is 0 Å². The molecule has 0 atom stereocenters. The molecule has 0 aromatic heterocycles. The van der Waals surface area contributed by atoms with Crippen LogP contribution in [0.25, 0.3) is 10.8 Å². The maximum atomic E-state index is 9.90. The summed E-state index contributed by atoms with van der Waals surface area (Å²) in [7, 11) is 0. The van der Waals surface area contributed by atoms with E-state index in [2.05, 4.69) is 19.9 Å². The third-order valence-electron chi connectivity index (χ3n) is 2.96. The van der Waals surface area contributed by atoms with Crippen LogP contribution in [0.15, 0.2) is 30.3 Å². The monoisotopic (exact) mass is 200 g/mol. The highest BCUT2D eigenvalue weighted by molar-refractivity contribution is 5.91. The van der Waals surface area contributed by atoms with E-state index in [1.807, 2.05) is 24.3 Å². The summed E-state index contributed by atoms with van der Waals surface area (Å²) in [4.78, 5) is 0. The fraction of sp³-hybridized carbons (Fsp3) is 0.286. The molecule has 15 heavy (non-hydrogen) atoms.